The highest BCUT2D eigenvalue weighted by molar-refractivity contribution is 7.89. The van der Waals surface area contributed by atoms with Crippen LogP contribution in [0.5, 0.6) is 5.75 Å². The summed E-state index contributed by atoms with van der Waals surface area (Å²) in [4.78, 5) is -0.691. The zero-order valence-electron chi connectivity index (χ0n) is 18.4. The fourth-order valence-electron chi connectivity index (χ4n) is 3.76. The van der Waals surface area contributed by atoms with Crippen LogP contribution in [0.25, 0.3) is 0 Å². The van der Waals surface area contributed by atoms with E-state index in [2.05, 4.69) is 15.2 Å². The lowest BCUT2D eigenvalue weighted by molar-refractivity contribution is 0.340. The molecule has 0 spiro atoms. The second-order valence-electron chi connectivity index (χ2n) is 7.79. The summed E-state index contributed by atoms with van der Waals surface area (Å²) < 4.78 is 61.8. The highest BCUT2D eigenvalue weighted by Crippen LogP contribution is 2.34. The van der Waals surface area contributed by atoms with E-state index in [1.807, 2.05) is 31.2 Å². The van der Waals surface area contributed by atoms with Crippen LogP contribution in [-0.2, 0) is 10.0 Å². The molecule has 2 unspecified atom stereocenters. The van der Waals surface area contributed by atoms with Gasteiger partial charge >= 0.3 is 0 Å². The molecular formula is C24H21Cl2F2N3O3S. The SMILES string of the molecule is CCOc1ccc(C2CC(C(NS(=O)(=O)c3ccc(F)cc3F)c3ccc(Cl)cc3Cl)=NN2)cc1. The van der Waals surface area contributed by atoms with Crippen LogP contribution in [0.15, 0.2) is 70.7 Å². The van der Waals surface area contributed by atoms with Crippen molar-refractivity contribution in [3.63, 3.8) is 0 Å². The highest BCUT2D eigenvalue weighted by Gasteiger charge is 2.33. The van der Waals surface area contributed by atoms with Crippen molar-refractivity contribution in [1.82, 2.24) is 10.1 Å². The quantitative estimate of drug-likeness (QED) is 0.380. The smallest absolute Gasteiger partial charge is 0.244 e. The van der Waals surface area contributed by atoms with Crippen molar-refractivity contribution in [2.24, 2.45) is 5.10 Å². The number of sulfonamides is 1. The minimum Gasteiger partial charge on any atom is -0.494 e. The van der Waals surface area contributed by atoms with Gasteiger partial charge < -0.3 is 10.2 Å². The van der Waals surface area contributed by atoms with Gasteiger partial charge in [0.2, 0.25) is 10.0 Å². The molecule has 0 saturated carbocycles. The first-order valence-corrected chi connectivity index (χ1v) is 12.9. The molecule has 0 bridgehead atoms. The fraction of sp³-hybridized carbons (Fsp3) is 0.208. The Kier molecular flexibility index (Phi) is 7.61. The molecule has 35 heavy (non-hydrogen) atoms. The Morgan fingerprint density at radius 2 is 1.86 bits per heavy atom. The van der Waals surface area contributed by atoms with Crippen LogP contribution >= 0.6 is 23.2 Å². The topological polar surface area (TPSA) is 79.8 Å². The maximum atomic E-state index is 14.3. The molecule has 4 rings (SSSR count). The number of hydrogen-bond acceptors (Lipinski definition) is 5. The third kappa shape index (κ3) is 5.75. The van der Waals surface area contributed by atoms with Gasteiger partial charge in [0.05, 0.1) is 24.4 Å². The van der Waals surface area contributed by atoms with Crippen molar-refractivity contribution in [3.05, 3.63) is 93.5 Å². The van der Waals surface area contributed by atoms with E-state index in [0.717, 1.165) is 23.4 Å². The van der Waals surface area contributed by atoms with Gasteiger partial charge in [-0.2, -0.15) is 9.82 Å². The van der Waals surface area contributed by atoms with Gasteiger partial charge in [-0.3, -0.25) is 0 Å². The van der Waals surface area contributed by atoms with Crippen molar-refractivity contribution in [3.8, 4) is 5.75 Å². The van der Waals surface area contributed by atoms with Gasteiger partial charge in [0, 0.05) is 22.5 Å². The van der Waals surface area contributed by atoms with E-state index in [9.17, 15) is 17.2 Å². The van der Waals surface area contributed by atoms with E-state index in [-0.39, 0.29) is 11.1 Å². The molecule has 3 aromatic carbocycles. The molecule has 0 radical (unpaired) electrons. The minimum atomic E-state index is -4.42. The average Bonchev–Trinajstić information content (AvgIpc) is 3.28. The zero-order chi connectivity index (χ0) is 25.2. The van der Waals surface area contributed by atoms with E-state index in [0.29, 0.717) is 35.4 Å². The van der Waals surface area contributed by atoms with Crippen LogP contribution in [0.2, 0.25) is 10.0 Å². The predicted octanol–water partition coefficient (Wildman–Crippen LogP) is 5.78. The van der Waals surface area contributed by atoms with Crippen molar-refractivity contribution in [2.45, 2.75) is 30.3 Å². The Hall–Kier alpha value is -2.72. The molecule has 1 aliphatic heterocycles. The molecule has 1 aliphatic rings. The summed E-state index contributed by atoms with van der Waals surface area (Å²) in [5, 5.41) is 4.94. The van der Waals surface area contributed by atoms with E-state index < -0.39 is 32.6 Å². The Morgan fingerprint density at radius 3 is 2.51 bits per heavy atom. The summed E-state index contributed by atoms with van der Waals surface area (Å²) >= 11 is 12.4. The lowest BCUT2D eigenvalue weighted by Crippen LogP contribution is -2.34. The number of hydrazone groups is 1. The Balaban J connectivity index is 1.65. The number of rotatable bonds is 8. The molecule has 0 saturated heterocycles. The molecule has 0 aromatic heterocycles. The molecule has 11 heteroatoms. The van der Waals surface area contributed by atoms with Gasteiger partial charge in [0.15, 0.2) is 0 Å². The van der Waals surface area contributed by atoms with Crippen LogP contribution in [0.4, 0.5) is 8.78 Å². The molecular weight excluding hydrogens is 519 g/mol. The Labute approximate surface area is 212 Å². The summed E-state index contributed by atoms with van der Waals surface area (Å²) in [7, 11) is -4.42. The maximum Gasteiger partial charge on any atom is 0.244 e. The van der Waals surface area contributed by atoms with Crippen molar-refractivity contribution in [1.29, 1.82) is 0 Å². The lowest BCUT2D eigenvalue weighted by atomic mass is 9.96. The summed E-state index contributed by atoms with van der Waals surface area (Å²) in [6.45, 7) is 2.44. The maximum absolute atomic E-state index is 14.3. The standard InChI is InChI=1S/C24H21Cl2F2N3O3S/c1-2-34-17-7-3-14(4-8-17)21-13-22(30-29-21)24(18-9-5-15(25)11-19(18)26)31-35(32,33)23-10-6-16(27)12-20(23)28/h3-12,21,24,29,31H,2,13H2,1H3. The number of halogens is 4. The van der Waals surface area contributed by atoms with E-state index in [1.54, 1.807) is 12.1 Å². The number of hydrogen-bond donors (Lipinski definition) is 2. The van der Waals surface area contributed by atoms with Gasteiger partial charge in [0.1, 0.15) is 22.3 Å². The number of ether oxygens (including phenoxy) is 1. The molecule has 0 aliphatic carbocycles. The van der Waals surface area contributed by atoms with Gasteiger partial charge in [-0.1, -0.05) is 41.4 Å². The van der Waals surface area contributed by atoms with E-state index >= 15 is 0 Å². The van der Waals surface area contributed by atoms with Gasteiger partial charge in [-0.05, 0) is 54.4 Å². The zero-order valence-corrected chi connectivity index (χ0v) is 20.8. The summed E-state index contributed by atoms with van der Waals surface area (Å²) in [6.07, 6.45) is 0.339. The molecule has 1 heterocycles. The Morgan fingerprint density at radius 1 is 1.11 bits per heavy atom. The minimum absolute atomic E-state index is 0.206. The van der Waals surface area contributed by atoms with Crippen LogP contribution in [0, 0.1) is 11.6 Å². The normalized spacial score (nSPS) is 16.5. The van der Waals surface area contributed by atoms with Gasteiger partial charge in [0.25, 0.3) is 0 Å². The number of benzene rings is 3. The van der Waals surface area contributed by atoms with Crippen LogP contribution < -0.4 is 14.9 Å². The second kappa shape index (κ2) is 10.5. The third-order valence-corrected chi connectivity index (χ3v) is 7.45. The van der Waals surface area contributed by atoms with Crippen LogP contribution in [0.1, 0.15) is 36.6 Å². The molecule has 3 aromatic rings. The van der Waals surface area contributed by atoms with Gasteiger partial charge in [-0.25, -0.2) is 17.2 Å². The lowest BCUT2D eigenvalue weighted by Gasteiger charge is -2.21. The molecule has 6 nitrogen and oxygen atoms in total. The molecule has 2 atom stereocenters. The molecule has 184 valence electrons. The van der Waals surface area contributed by atoms with E-state index in [1.165, 1.54) is 6.07 Å². The Bertz CT molecular complexity index is 1370. The number of nitrogens with one attached hydrogen (secondary N) is 2. The predicted molar refractivity (Wildman–Crippen MR) is 131 cm³/mol. The van der Waals surface area contributed by atoms with Gasteiger partial charge in [-0.15, -0.1) is 0 Å². The highest BCUT2D eigenvalue weighted by atomic mass is 35.5. The van der Waals surface area contributed by atoms with Crippen LogP contribution in [0.3, 0.4) is 0 Å². The first kappa shape index (κ1) is 25.4. The monoisotopic (exact) mass is 539 g/mol. The van der Waals surface area contributed by atoms with Crippen molar-refractivity contribution < 1.29 is 21.9 Å². The summed E-state index contributed by atoms with van der Waals surface area (Å²) in [6, 6.07) is 13.1. The largest absolute Gasteiger partial charge is 0.494 e. The number of nitrogens with zero attached hydrogens (tertiary/aromatic N) is 1. The van der Waals surface area contributed by atoms with Crippen LogP contribution in [-0.4, -0.2) is 20.7 Å². The average molecular weight is 540 g/mol. The third-order valence-electron chi connectivity index (χ3n) is 5.43. The first-order chi connectivity index (χ1) is 16.7. The van der Waals surface area contributed by atoms with Crippen molar-refractivity contribution in [2.75, 3.05) is 6.61 Å². The fourth-order valence-corrected chi connectivity index (χ4v) is 5.54. The summed E-state index contributed by atoms with van der Waals surface area (Å²) in [5.74, 6) is -1.37. The van der Waals surface area contributed by atoms with E-state index in [4.69, 9.17) is 27.9 Å². The molecule has 2 N–H and O–H groups in total. The molecule has 0 fully saturated rings. The first-order valence-electron chi connectivity index (χ1n) is 10.6. The second-order valence-corrected chi connectivity index (χ2v) is 10.3. The molecule has 0 amide bonds. The summed E-state index contributed by atoms with van der Waals surface area (Å²) in [5.41, 5.74) is 4.75. The van der Waals surface area contributed by atoms with Crippen molar-refractivity contribution >= 4 is 38.9 Å².